The van der Waals surface area contributed by atoms with E-state index in [0.717, 1.165) is 56.8 Å². The number of allylic oxidation sites excluding steroid dienone is 1. The molecule has 0 spiro atoms. The third-order valence-corrected chi connectivity index (χ3v) is 6.20. The SMILES string of the molecule is NC1=C(N2CCN(CCCCCCCCC(=O)OCc3ccccc3)CC2)C=C(Cl)[NH2+]N1. The second kappa shape index (κ2) is 13.4. The van der Waals surface area contributed by atoms with Crippen LogP contribution in [0.15, 0.2) is 53.1 Å². The fourth-order valence-electron chi connectivity index (χ4n) is 4.07. The molecule has 0 bridgehead atoms. The molecule has 176 valence electrons. The van der Waals surface area contributed by atoms with E-state index in [1.165, 1.54) is 25.7 Å². The van der Waals surface area contributed by atoms with E-state index in [9.17, 15) is 4.79 Å². The van der Waals surface area contributed by atoms with E-state index in [0.29, 0.717) is 24.0 Å². The van der Waals surface area contributed by atoms with Gasteiger partial charge in [0.25, 0.3) is 0 Å². The Morgan fingerprint density at radius 3 is 2.47 bits per heavy atom. The number of unbranched alkanes of at least 4 members (excludes halogenated alkanes) is 5. The average molecular weight is 463 g/mol. The molecule has 0 aliphatic carbocycles. The largest absolute Gasteiger partial charge is 0.461 e. The summed E-state index contributed by atoms with van der Waals surface area (Å²) >= 11 is 6.10. The third kappa shape index (κ3) is 8.37. The summed E-state index contributed by atoms with van der Waals surface area (Å²) in [5.41, 5.74) is 12.8. The minimum Gasteiger partial charge on any atom is -0.461 e. The Morgan fingerprint density at radius 1 is 1.03 bits per heavy atom. The van der Waals surface area contributed by atoms with Gasteiger partial charge in [0.1, 0.15) is 6.61 Å². The first-order valence-electron chi connectivity index (χ1n) is 11.8. The molecule has 0 saturated carbocycles. The summed E-state index contributed by atoms with van der Waals surface area (Å²) in [6.45, 7) is 5.57. The van der Waals surface area contributed by atoms with Gasteiger partial charge in [0.15, 0.2) is 5.82 Å². The van der Waals surface area contributed by atoms with Crippen molar-refractivity contribution in [2.75, 3.05) is 32.7 Å². The smallest absolute Gasteiger partial charge is 0.306 e. The van der Waals surface area contributed by atoms with Crippen LogP contribution in [0.1, 0.15) is 50.5 Å². The number of nitrogens with one attached hydrogen (secondary N) is 1. The van der Waals surface area contributed by atoms with Crippen LogP contribution in [0.3, 0.4) is 0 Å². The Kier molecular flexibility index (Phi) is 10.2. The molecule has 0 aromatic heterocycles. The molecule has 0 radical (unpaired) electrons. The normalized spacial score (nSPS) is 17.2. The lowest BCUT2D eigenvalue weighted by molar-refractivity contribution is -0.651. The molecule has 7 nitrogen and oxygen atoms in total. The quantitative estimate of drug-likeness (QED) is 0.191. The lowest BCUT2D eigenvalue weighted by atomic mass is 10.1. The van der Waals surface area contributed by atoms with Gasteiger partial charge in [-0.05, 0) is 36.6 Å². The lowest BCUT2D eigenvalue weighted by Crippen LogP contribution is -2.91. The summed E-state index contributed by atoms with van der Waals surface area (Å²) in [4.78, 5) is 16.7. The molecule has 3 rings (SSSR count). The lowest BCUT2D eigenvalue weighted by Gasteiger charge is -2.37. The van der Waals surface area contributed by atoms with Crippen molar-refractivity contribution in [3.8, 4) is 0 Å². The van der Waals surface area contributed by atoms with Gasteiger partial charge in [0.2, 0.25) is 5.16 Å². The standard InChI is InChI=1S/C24H36ClN5O2/c25-22-18-21(24(26)28-27-22)30-16-14-29(15-17-30)13-9-4-2-1-3-8-12-23(31)32-19-20-10-6-5-7-11-20/h5-7,10-11,18,27-28H,1-4,8-9,12-17,19,26H2/p+1. The van der Waals surface area contributed by atoms with Crippen LogP contribution in [0.2, 0.25) is 0 Å². The highest BCUT2D eigenvalue weighted by molar-refractivity contribution is 6.27. The Bertz CT molecular complexity index is 776. The maximum atomic E-state index is 11.8. The molecule has 2 aliphatic heterocycles. The van der Waals surface area contributed by atoms with Crippen LogP contribution in [0.25, 0.3) is 0 Å². The fourth-order valence-corrected chi connectivity index (χ4v) is 4.22. The molecule has 2 heterocycles. The average Bonchev–Trinajstić information content (AvgIpc) is 2.82. The van der Waals surface area contributed by atoms with Gasteiger partial charge < -0.3 is 15.4 Å². The van der Waals surface area contributed by atoms with Crippen LogP contribution >= 0.6 is 11.6 Å². The van der Waals surface area contributed by atoms with Gasteiger partial charge in [-0.25, -0.2) is 10.9 Å². The van der Waals surface area contributed by atoms with E-state index in [4.69, 9.17) is 22.1 Å². The zero-order valence-electron chi connectivity index (χ0n) is 18.9. The number of nitrogens with zero attached hydrogens (tertiary/aromatic N) is 2. The summed E-state index contributed by atoms with van der Waals surface area (Å²) < 4.78 is 5.33. The number of carbonyl (C=O) groups is 1. The molecule has 8 heteroatoms. The maximum Gasteiger partial charge on any atom is 0.306 e. The van der Waals surface area contributed by atoms with Crippen LogP contribution in [-0.4, -0.2) is 48.5 Å². The van der Waals surface area contributed by atoms with Crippen molar-refractivity contribution in [2.45, 2.75) is 51.6 Å². The van der Waals surface area contributed by atoms with E-state index < -0.39 is 0 Å². The summed E-state index contributed by atoms with van der Waals surface area (Å²) in [6, 6.07) is 9.82. The zero-order valence-corrected chi connectivity index (χ0v) is 19.7. The van der Waals surface area contributed by atoms with E-state index in [-0.39, 0.29) is 5.97 Å². The second-order valence-corrected chi connectivity index (χ2v) is 8.90. The van der Waals surface area contributed by atoms with Gasteiger partial charge in [0.05, 0.1) is 5.70 Å². The molecule has 0 atom stereocenters. The topological polar surface area (TPSA) is 87.4 Å². The predicted molar refractivity (Wildman–Crippen MR) is 127 cm³/mol. The zero-order chi connectivity index (χ0) is 22.6. The Balaban J connectivity index is 1.16. The fraction of sp³-hybridized carbons (Fsp3) is 0.542. The minimum atomic E-state index is -0.0922. The van der Waals surface area contributed by atoms with Gasteiger partial charge in [-0.1, -0.05) is 56.0 Å². The highest BCUT2D eigenvalue weighted by atomic mass is 35.5. The highest BCUT2D eigenvalue weighted by Crippen LogP contribution is 2.16. The summed E-state index contributed by atoms with van der Waals surface area (Å²) in [7, 11) is 0. The van der Waals surface area contributed by atoms with Crippen LogP contribution < -0.4 is 16.6 Å². The van der Waals surface area contributed by atoms with Crippen molar-refractivity contribution in [1.29, 1.82) is 0 Å². The number of rotatable bonds is 12. The number of quaternary nitrogens is 1. The molecule has 5 N–H and O–H groups in total. The molecule has 1 saturated heterocycles. The Labute approximate surface area is 196 Å². The highest BCUT2D eigenvalue weighted by Gasteiger charge is 2.22. The first-order chi connectivity index (χ1) is 15.6. The Morgan fingerprint density at radius 2 is 1.72 bits per heavy atom. The van der Waals surface area contributed by atoms with E-state index in [2.05, 4.69) is 15.2 Å². The van der Waals surface area contributed by atoms with Crippen molar-refractivity contribution in [3.63, 3.8) is 0 Å². The van der Waals surface area contributed by atoms with Crippen LogP contribution in [-0.2, 0) is 16.1 Å². The van der Waals surface area contributed by atoms with Crippen molar-refractivity contribution in [2.24, 2.45) is 5.73 Å². The van der Waals surface area contributed by atoms with Crippen LogP contribution in [0, 0.1) is 0 Å². The number of hydrogen-bond acceptors (Lipinski definition) is 6. The van der Waals surface area contributed by atoms with E-state index in [1.54, 1.807) is 5.43 Å². The van der Waals surface area contributed by atoms with Crippen molar-refractivity contribution in [1.82, 2.24) is 15.2 Å². The minimum absolute atomic E-state index is 0.0922. The van der Waals surface area contributed by atoms with Gasteiger partial charge in [-0.3, -0.25) is 9.69 Å². The predicted octanol–water partition coefficient (Wildman–Crippen LogP) is 2.37. The molecular weight excluding hydrogens is 426 g/mol. The van der Waals surface area contributed by atoms with E-state index >= 15 is 0 Å². The first kappa shape index (κ1) is 24.4. The summed E-state index contributed by atoms with van der Waals surface area (Å²) in [5, 5.41) is 0.681. The molecule has 1 aromatic carbocycles. The van der Waals surface area contributed by atoms with Gasteiger partial charge >= 0.3 is 5.97 Å². The van der Waals surface area contributed by atoms with Gasteiger partial charge in [-0.2, -0.15) is 0 Å². The molecule has 32 heavy (non-hydrogen) atoms. The first-order valence-corrected chi connectivity index (χ1v) is 12.1. The Hall–Kier alpha value is -2.22. The summed E-state index contributed by atoms with van der Waals surface area (Å²) in [5.74, 6) is 0.581. The van der Waals surface area contributed by atoms with Crippen molar-refractivity contribution < 1.29 is 15.0 Å². The van der Waals surface area contributed by atoms with Crippen molar-refractivity contribution >= 4 is 17.6 Å². The molecule has 0 unspecified atom stereocenters. The van der Waals surface area contributed by atoms with Gasteiger partial charge in [0, 0.05) is 38.7 Å². The molecule has 1 fully saturated rings. The number of ether oxygens (including phenoxy) is 1. The number of esters is 1. The monoisotopic (exact) mass is 462 g/mol. The third-order valence-electron chi connectivity index (χ3n) is 5.98. The second-order valence-electron chi connectivity index (χ2n) is 8.46. The number of carbonyl (C=O) groups excluding carboxylic acids is 1. The van der Waals surface area contributed by atoms with Gasteiger partial charge in [-0.15, -0.1) is 0 Å². The maximum absolute atomic E-state index is 11.8. The van der Waals surface area contributed by atoms with Crippen LogP contribution in [0.4, 0.5) is 0 Å². The number of hydrogen-bond donors (Lipinski definition) is 3. The van der Waals surface area contributed by atoms with E-state index in [1.807, 2.05) is 36.4 Å². The molecule has 2 aliphatic rings. The number of halogens is 1. The number of benzene rings is 1. The molecule has 1 aromatic rings. The van der Waals surface area contributed by atoms with Crippen LogP contribution in [0.5, 0.6) is 0 Å². The summed E-state index contributed by atoms with van der Waals surface area (Å²) in [6.07, 6.45) is 9.36. The van der Waals surface area contributed by atoms with Crippen molar-refractivity contribution in [3.05, 3.63) is 58.6 Å². The molecule has 0 amide bonds. The number of nitrogens with two attached hydrogens (primary N) is 2. The molecular formula is C24H37ClN5O2+. The number of piperazine rings is 1.